The molecule has 1 heterocycles. The number of hydrogen-bond acceptors (Lipinski definition) is 4. The summed E-state index contributed by atoms with van der Waals surface area (Å²) in [5.41, 5.74) is 1.06. The van der Waals surface area contributed by atoms with Crippen molar-refractivity contribution in [3.63, 3.8) is 0 Å². The molecule has 2 rings (SSSR count). The van der Waals surface area contributed by atoms with E-state index in [-0.39, 0.29) is 11.9 Å². The van der Waals surface area contributed by atoms with E-state index >= 15 is 0 Å². The Kier molecular flexibility index (Phi) is 5.87. The van der Waals surface area contributed by atoms with Gasteiger partial charge in [0, 0.05) is 31.1 Å². The first-order chi connectivity index (χ1) is 10.2. The highest BCUT2D eigenvalue weighted by atomic mass is 16.6. The zero-order valence-corrected chi connectivity index (χ0v) is 12.8. The summed E-state index contributed by atoms with van der Waals surface area (Å²) in [6, 6.07) is 6.13. The number of nitrogens with one attached hydrogen (secondary N) is 2. The lowest BCUT2D eigenvalue weighted by atomic mass is 10.1. The zero-order chi connectivity index (χ0) is 15.1. The van der Waals surface area contributed by atoms with Crippen LogP contribution in [-0.4, -0.2) is 31.7 Å². The van der Waals surface area contributed by atoms with Gasteiger partial charge in [0.25, 0.3) is 0 Å². The van der Waals surface area contributed by atoms with E-state index in [9.17, 15) is 4.79 Å². The number of ether oxygens (including phenoxy) is 2. The van der Waals surface area contributed by atoms with Crippen LogP contribution in [0.4, 0.5) is 0 Å². The van der Waals surface area contributed by atoms with E-state index in [1.807, 2.05) is 25.1 Å². The Morgan fingerprint density at radius 2 is 2.14 bits per heavy atom. The highest BCUT2D eigenvalue weighted by Crippen LogP contribution is 2.33. The average Bonchev–Trinajstić information content (AvgIpc) is 2.51. The maximum Gasteiger partial charge on any atom is 0.221 e. The molecule has 1 atom stereocenters. The maximum atomic E-state index is 11.7. The van der Waals surface area contributed by atoms with Crippen LogP contribution in [0.2, 0.25) is 0 Å². The van der Waals surface area contributed by atoms with Crippen LogP contribution in [0.25, 0.3) is 0 Å². The highest BCUT2D eigenvalue weighted by Gasteiger charge is 2.15. The molecule has 1 aliphatic heterocycles. The number of carbonyl (C=O) groups is 1. The average molecular weight is 292 g/mol. The summed E-state index contributed by atoms with van der Waals surface area (Å²) in [4.78, 5) is 11.7. The van der Waals surface area contributed by atoms with Crippen molar-refractivity contribution < 1.29 is 14.3 Å². The first-order valence-electron chi connectivity index (χ1n) is 7.58. The lowest BCUT2D eigenvalue weighted by Gasteiger charge is -2.21. The Hall–Kier alpha value is -1.75. The minimum Gasteiger partial charge on any atom is -0.486 e. The molecule has 0 saturated heterocycles. The van der Waals surface area contributed by atoms with Crippen molar-refractivity contribution in [1.82, 2.24) is 10.6 Å². The van der Waals surface area contributed by atoms with Crippen LogP contribution in [-0.2, 0) is 11.3 Å². The second-order valence-corrected chi connectivity index (χ2v) is 5.24. The van der Waals surface area contributed by atoms with Crippen molar-refractivity contribution in [3.8, 4) is 11.5 Å². The Balaban J connectivity index is 1.75. The number of carbonyl (C=O) groups excluding carboxylic acids is 1. The second-order valence-electron chi connectivity index (χ2n) is 5.24. The fourth-order valence-corrected chi connectivity index (χ4v) is 2.15. The molecular weight excluding hydrogens is 268 g/mol. The van der Waals surface area contributed by atoms with Crippen molar-refractivity contribution in [2.75, 3.05) is 19.8 Å². The molecule has 0 aromatic heterocycles. The summed E-state index contributed by atoms with van der Waals surface area (Å²) in [6.45, 7) is 6.57. The Morgan fingerprint density at radius 3 is 2.95 bits per heavy atom. The van der Waals surface area contributed by atoms with Gasteiger partial charge in [-0.2, -0.15) is 0 Å². The monoisotopic (exact) mass is 292 g/mol. The molecule has 0 aliphatic carbocycles. The summed E-state index contributed by atoms with van der Waals surface area (Å²) in [5.74, 6) is 1.71. The third kappa shape index (κ3) is 4.63. The van der Waals surface area contributed by atoms with Crippen LogP contribution in [0.1, 0.15) is 32.3 Å². The summed E-state index contributed by atoms with van der Waals surface area (Å²) in [7, 11) is 0. The molecule has 116 valence electrons. The van der Waals surface area contributed by atoms with Crippen LogP contribution < -0.4 is 20.1 Å². The van der Waals surface area contributed by atoms with Gasteiger partial charge in [-0.25, -0.2) is 0 Å². The van der Waals surface area contributed by atoms with E-state index in [1.54, 1.807) is 0 Å². The molecule has 1 aromatic carbocycles. The predicted molar refractivity (Wildman–Crippen MR) is 81.7 cm³/mol. The second kappa shape index (κ2) is 7.88. The molecule has 5 heteroatoms. The fraction of sp³-hybridized carbons (Fsp3) is 0.562. The molecule has 1 unspecified atom stereocenters. The van der Waals surface area contributed by atoms with E-state index in [2.05, 4.69) is 17.6 Å². The molecule has 0 radical (unpaired) electrons. The summed E-state index contributed by atoms with van der Waals surface area (Å²) in [6.07, 6.45) is 1.43. The Morgan fingerprint density at radius 1 is 1.33 bits per heavy atom. The van der Waals surface area contributed by atoms with E-state index < -0.39 is 0 Å². The molecule has 0 bridgehead atoms. The Bertz CT molecular complexity index is 477. The molecule has 1 aliphatic rings. The van der Waals surface area contributed by atoms with Crippen molar-refractivity contribution in [2.24, 2.45) is 0 Å². The van der Waals surface area contributed by atoms with Gasteiger partial charge in [-0.15, -0.1) is 0 Å². The van der Waals surface area contributed by atoms with Gasteiger partial charge >= 0.3 is 0 Å². The number of hydrogen-bond donors (Lipinski definition) is 2. The van der Waals surface area contributed by atoms with Crippen LogP contribution in [0.3, 0.4) is 0 Å². The molecule has 0 fully saturated rings. The van der Waals surface area contributed by atoms with Gasteiger partial charge in [0.2, 0.25) is 5.91 Å². The molecular formula is C16H24N2O3. The third-order valence-corrected chi connectivity index (χ3v) is 3.51. The maximum absolute atomic E-state index is 11.7. The van der Waals surface area contributed by atoms with Gasteiger partial charge in [-0.05, 0) is 19.4 Å². The number of amides is 1. The quantitative estimate of drug-likeness (QED) is 0.753. The molecule has 5 nitrogen and oxygen atoms in total. The lowest BCUT2D eigenvalue weighted by molar-refractivity contribution is -0.121. The number of benzene rings is 1. The summed E-state index contributed by atoms with van der Waals surface area (Å²) in [5, 5.41) is 6.23. The fourth-order valence-electron chi connectivity index (χ4n) is 2.15. The molecule has 1 amide bonds. The SMILES string of the molecule is CCC(C)NC(=O)CCNCc1cccc2c1OCCO2. The van der Waals surface area contributed by atoms with Gasteiger partial charge in [-0.3, -0.25) is 4.79 Å². The number of para-hydroxylation sites is 1. The largest absolute Gasteiger partial charge is 0.486 e. The normalized spacial score (nSPS) is 14.6. The van der Waals surface area contributed by atoms with Gasteiger partial charge in [0.1, 0.15) is 13.2 Å². The number of rotatable bonds is 7. The summed E-state index contributed by atoms with van der Waals surface area (Å²) >= 11 is 0. The molecule has 2 N–H and O–H groups in total. The highest BCUT2D eigenvalue weighted by molar-refractivity contribution is 5.76. The first-order valence-corrected chi connectivity index (χ1v) is 7.58. The topological polar surface area (TPSA) is 59.6 Å². The summed E-state index contributed by atoms with van der Waals surface area (Å²) < 4.78 is 11.2. The van der Waals surface area contributed by atoms with E-state index in [1.165, 1.54) is 0 Å². The molecule has 0 spiro atoms. The smallest absolute Gasteiger partial charge is 0.221 e. The Labute approximate surface area is 126 Å². The van der Waals surface area contributed by atoms with Gasteiger partial charge in [0.05, 0.1) is 0 Å². The molecule has 0 saturated carbocycles. The van der Waals surface area contributed by atoms with E-state index in [4.69, 9.17) is 9.47 Å². The standard InChI is InChI=1S/C16H24N2O3/c1-3-12(2)18-15(19)7-8-17-11-13-5-4-6-14-16(13)21-10-9-20-14/h4-6,12,17H,3,7-11H2,1-2H3,(H,18,19). The minimum atomic E-state index is 0.0894. The van der Waals surface area contributed by atoms with Crippen LogP contribution in [0.5, 0.6) is 11.5 Å². The first kappa shape index (κ1) is 15.6. The lowest BCUT2D eigenvalue weighted by Crippen LogP contribution is -2.33. The third-order valence-electron chi connectivity index (χ3n) is 3.51. The minimum absolute atomic E-state index is 0.0894. The molecule has 1 aromatic rings. The van der Waals surface area contributed by atoms with E-state index in [0.29, 0.717) is 32.7 Å². The van der Waals surface area contributed by atoms with Crippen molar-refractivity contribution >= 4 is 5.91 Å². The van der Waals surface area contributed by atoms with E-state index in [0.717, 1.165) is 23.5 Å². The van der Waals surface area contributed by atoms with Gasteiger partial charge in [-0.1, -0.05) is 19.1 Å². The van der Waals surface area contributed by atoms with Crippen molar-refractivity contribution in [3.05, 3.63) is 23.8 Å². The van der Waals surface area contributed by atoms with Crippen molar-refractivity contribution in [2.45, 2.75) is 39.3 Å². The van der Waals surface area contributed by atoms with Crippen LogP contribution >= 0.6 is 0 Å². The van der Waals surface area contributed by atoms with Crippen LogP contribution in [0.15, 0.2) is 18.2 Å². The van der Waals surface area contributed by atoms with Gasteiger partial charge in [0.15, 0.2) is 11.5 Å². The van der Waals surface area contributed by atoms with Gasteiger partial charge < -0.3 is 20.1 Å². The number of fused-ring (bicyclic) bond motifs is 1. The zero-order valence-electron chi connectivity index (χ0n) is 12.8. The van der Waals surface area contributed by atoms with Crippen LogP contribution in [0, 0.1) is 0 Å². The van der Waals surface area contributed by atoms with Crippen molar-refractivity contribution in [1.29, 1.82) is 0 Å². The molecule has 21 heavy (non-hydrogen) atoms. The predicted octanol–water partition coefficient (Wildman–Crippen LogP) is 1.85.